The van der Waals surface area contributed by atoms with Crippen LogP contribution in [0.4, 0.5) is 0 Å². The summed E-state index contributed by atoms with van der Waals surface area (Å²) in [5, 5.41) is 0. The minimum absolute atomic E-state index is 0.0903. The normalized spacial score (nSPS) is 14.2. The highest BCUT2D eigenvalue weighted by Gasteiger charge is 2.25. The maximum absolute atomic E-state index is 12.6. The lowest BCUT2D eigenvalue weighted by molar-refractivity contribution is -0.154. The van der Waals surface area contributed by atoms with Crippen LogP contribution in [0, 0.1) is 0 Å². The minimum Gasteiger partial charge on any atom is -0.457 e. The first-order valence-electron chi connectivity index (χ1n) is 22.6. The van der Waals surface area contributed by atoms with Crippen molar-refractivity contribution in [3.8, 4) is 0 Å². The first-order chi connectivity index (χ1) is 27.9. The third-order valence-electron chi connectivity index (χ3n) is 9.05. The van der Waals surface area contributed by atoms with Crippen molar-refractivity contribution in [2.24, 2.45) is 5.73 Å². The van der Waals surface area contributed by atoms with Crippen molar-refractivity contribution in [1.29, 1.82) is 0 Å². The number of hydrogen-bond donors (Lipinski definition) is 2. The second-order valence-electron chi connectivity index (χ2n) is 14.5. The Balaban J connectivity index is 4.11. The van der Waals surface area contributed by atoms with E-state index in [0.717, 1.165) is 103 Å². The van der Waals surface area contributed by atoms with Crippen molar-refractivity contribution in [3.05, 3.63) is 85.1 Å². The van der Waals surface area contributed by atoms with Crippen LogP contribution in [0.1, 0.15) is 174 Å². The molecule has 9 heteroatoms. The van der Waals surface area contributed by atoms with Crippen LogP contribution < -0.4 is 5.73 Å². The van der Waals surface area contributed by atoms with E-state index in [-0.39, 0.29) is 38.8 Å². The van der Waals surface area contributed by atoms with Gasteiger partial charge in [-0.1, -0.05) is 163 Å². The molecule has 0 heterocycles. The lowest BCUT2D eigenvalue weighted by atomic mass is 10.1. The molecule has 0 spiro atoms. The third kappa shape index (κ3) is 44.6. The number of carbonyl (C=O) groups excluding carboxylic acids is 1. The van der Waals surface area contributed by atoms with E-state index in [1.54, 1.807) is 0 Å². The number of phosphoric acid groups is 1. The number of esters is 1. The van der Waals surface area contributed by atoms with E-state index in [1.165, 1.54) is 51.4 Å². The van der Waals surface area contributed by atoms with E-state index in [1.807, 2.05) is 0 Å². The first-order valence-corrected chi connectivity index (χ1v) is 24.1. The van der Waals surface area contributed by atoms with Crippen molar-refractivity contribution in [2.45, 2.75) is 180 Å². The Morgan fingerprint density at radius 3 is 1.47 bits per heavy atom. The molecule has 0 aromatic heterocycles. The van der Waals surface area contributed by atoms with Gasteiger partial charge in [-0.2, -0.15) is 0 Å². The van der Waals surface area contributed by atoms with Crippen LogP contribution in [-0.4, -0.2) is 49.9 Å². The zero-order valence-electron chi connectivity index (χ0n) is 36.3. The van der Waals surface area contributed by atoms with Crippen molar-refractivity contribution >= 4 is 13.8 Å². The van der Waals surface area contributed by atoms with Crippen LogP contribution in [0.5, 0.6) is 0 Å². The number of ether oxygens (including phenoxy) is 2. The minimum atomic E-state index is -4.29. The van der Waals surface area contributed by atoms with E-state index in [0.29, 0.717) is 6.61 Å². The number of nitrogens with two attached hydrogens (primary N) is 1. The number of rotatable bonds is 42. The Morgan fingerprint density at radius 2 is 0.982 bits per heavy atom. The van der Waals surface area contributed by atoms with E-state index in [4.69, 9.17) is 24.3 Å². The monoisotopic (exact) mass is 818 g/mol. The van der Waals surface area contributed by atoms with E-state index < -0.39 is 13.9 Å². The van der Waals surface area contributed by atoms with Crippen LogP contribution in [-0.2, 0) is 27.9 Å². The van der Waals surface area contributed by atoms with Gasteiger partial charge in [-0.15, -0.1) is 0 Å². The third-order valence-corrected chi connectivity index (χ3v) is 10.0. The highest BCUT2D eigenvalue weighted by Crippen LogP contribution is 2.43. The highest BCUT2D eigenvalue weighted by molar-refractivity contribution is 7.47. The molecule has 328 valence electrons. The van der Waals surface area contributed by atoms with Gasteiger partial charge in [-0.25, -0.2) is 4.57 Å². The fourth-order valence-corrected chi connectivity index (χ4v) is 6.52. The quantitative estimate of drug-likeness (QED) is 0.0271. The number of hydrogen-bond acceptors (Lipinski definition) is 7. The van der Waals surface area contributed by atoms with Gasteiger partial charge < -0.3 is 20.1 Å². The number of unbranched alkanes of at least 4 members (excludes halogenated alkanes) is 15. The van der Waals surface area contributed by atoms with E-state index in [2.05, 4.69) is 98.9 Å². The molecule has 57 heavy (non-hydrogen) atoms. The standard InChI is InChI=1S/C48H84NO7P/c1-3-5-7-9-11-13-15-17-19-21-22-23-24-25-27-29-31-33-35-37-39-41-48(50)56-47(46-55-57(51,52)54-44-42-49)45-53-43-40-38-36-34-32-30-28-26-20-18-16-14-12-10-8-6-4-2/h5,7,11,13-14,16-17,19-20,22-23,25-27,47H,3-4,6,8-10,12,15,18,21,24,28-46,49H2,1-2H3,(H,51,52)/b7-5-,13-11-,16-14-,19-17-,23-22-,26-20-,27-25-. The number of carbonyl (C=O) groups is 1. The van der Waals surface area contributed by atoms with Crippen LogP contribution in [0.2, 0.25) is 0 Å². The Morgan fingerprint density at radius 1 is 0.544 bits per heavy atom. The summed E-state index contributed by atoms with van der Waals surface area (Å²) in [6.45, 7) is 4.72. The molecule has 0 aliphatic carbocycles. The smallest absolute Gasteiger partial charge is 0.457 e. The summed E-state index contributed by atoms with van der Waals surface area (Å²) in [5.41, 5.74) is 5.37. The Kier molecular flexibility index (Phi) is 43.0. The predicted octanol–water partition coefficient (Wildman–Crippen LogP) is 13.7. The van der Waals surface area contributed by atoms with Gasteiger partial charge >= 0.3 is 13.8 Å². The van der Waals surface area contributed by atoms with Crippen LogP contribution >= 0.6 is 7.82 Å². The molecular formula is C48H84NO7P. The van der Waals surface area contributed by atoms with Gasteiger partial charge in [0.2, 0.25) is 0 Å². The zero-order chi connectivity index (χ0) is 41.6. The lowest BCUT2D eigenvalue weighted by Crippen LogP contribution is -2.28. The second-order valence-corrected chi connectivity index (χ2v) is 16.0. The average Bonchev–Trinajstić information content (AvgIpc) is 3.20. The maximum atomic E-state index is 12.6. The van der Waals surface area contributed by atoms with Crippen LogP contribution in [0.15, 0.2) is 85.1 Å². The summed E-state index contributed by atoms with van der Waals surface area (Å²) in [5.74, 6) is -0.356. The van der Waals surface area contributed by atoms with Gasteiger partial charge in [-0.3, -0.25) is 13.8 Å². The van der Waals surface area contributed by atoms with Crippen LogP contribution in [0.25, 0.3) is 0 Å². The summed E-state index contributed by atoms with van der Waals surface area (Å²) >= 11 is 0. The van der Waals surface area contributed by atoms with Crippen LogP contribution in [0.3, 0.4) is 0 Å². The summed E-state index contributed by atoms with van der Waals surface area (Å²) in [6, 6.07) is 0. The van der Waals surface area contributed by atoms with Gasteiger partial charge in [0.15, 0.2) is 0 Å². The Bertz CT molecular complexity index is 1140. The Labute approximate surface area is 349 Å². The fraction of sp³-hybridized carbons (Fsp3) is 0.688. The van der Waals surface area contributed by atoms with Gasteiger partial charge in [-0.05, 0) is 89.9 Å². The summed E-state index contributed by atoms with van der Waals surface area (Å²) < 4.78 is 33.4. The predicted molar refractivity (Wildman–Crippen MR) is 242 cm³/mol. The van der Waals surface area contributed by atoms with Gasteiger partial charge in [0.25, 0.3) is 0 Å². The molecule has 0 bridgehead atoms. The molecule has 8 nitrogen and oxygen atoms in total. The zero-order valence-corrected chi connectivity index (χ0v) is 37.2. The molecule has 2 atom stereocenters. The van der Waals surface area contributed by atoms with Gasteiger partial charge in [0, 0.05) is 19.6 Å². The molecule has 0 saturated heterocycles. The molecule has 3 N–H and O–H groups in total. The number of allylic oxidation sites excluding steroid dienone is 14. The maximum Gasteiger partial charge on any atom is 0.472 e. The molecule has 0 aromatic carbocycles. The summed E-state index contributed by atoms with van der Waals surface area (Å²) in [7, 11) is -4.29. The molecule has 0 radical (unpaired) electrons. The molecule has 0 aliphatic heterocycles. The topological polar surface area (TPSA) is 117 Å². The molecule has 0 rings (SSSR count). The highest BCUT2D eigenvalue weighted by atomic mass is 31.2. The Hall–Kier alpha value is -2.32. The molecule has 0 saturated carbocycles. The molecule has 0 amide bonds. The largest absolute Gasteiger partial charge is 0.472 e. The van der Waals surface area contributed by atoms with Crippen molar-refractivity contribution < 1.29 is 32.8 Å². The first kappa shape index (κ1) is 54.7. The molecule has 0 aliphatic rings. The van der Waals surface area contributed by atoms with E-state index >= 15 is 0 Å². The number of phosphoric ester groups is 1. The van der Waals surface area contributed by atoms with Gasteiger partial charge in [0.1, 0.15) is 6.10 Å². The lowest BCUT2D eigenvalue weighted by Gasteiger charge is -2.20. The molecule has 2 unspecified atom stereocenters. The SMILES string of the molecule is CC/C=C\C/C=C\C/C=C\C/C=C\C/C=C\CCCCCCCC(=O)OC(COCCCCCCCC/C=C\C/C=C\CCCCCC)COP(=O)(O)OCCN. The van der Waals surface area contributed by atoms with E-state index in [9.17, 15) is 14.3 Å². The molecular weight excluding hydrogens is 734 g/mol. The van der Waals surface area contributed by atoms with Gasteiger partial charge in [0.05, 0.1) is 19.8 Å². The van der Waals surface area contributed by atoms with Crippen molar-refractivity contribution in [2.75, 3.05) is 33.0 Å². The summed E-state index contributed by atoms with van der Waals surface area (Å²) in [4.78, 5) is 22.5. The van der Waals surface area contributed by atoms with Crippen molar-refractivity contribution in [3.63, 3.8) is 0 Å². The van der Waals surface area contributed by atoms with Crippen molar-refractivity contribution in [1.82, 2.24) is 0 Å². The fourth-order valence-electron chi connectivity index (χ4n) is 5.76. The summed E-state index contributed by atoms with van der Waals surface area (Å²) in [6.07, 6.45) is 57.4. The average molecular weight is 818 g/mol. The molecule has 0 aromatic rings. The molecule has 0 fully saturated rings. The second kappa shape index (κ2) is 44.8.